The summed E-state index contributed by atoms with van der Waals surface area (Å²) in [5.41, 5.74) is 13.9. The van der Waals surface area contributed by atoms with Crippen LogP contribution < -0.4 is 21.3 Å². The highest BCUT2D eigenvalue weighted by molar-refractivity contribution is 7.99. The number of piperidine rings is 1. The molecule has 7 nitrogen and oxygen atoms in total. The normalized spacial score (nSPS) is 20.1. The Morgan fingerprint density at radius 1 is 1.00 bits per heavy atom. The van der Waals surface area contributed by atoms with Gasteiger partial charge in [0.1, 0.15) is 16.7 Å². The first-order valence-electron chi connectivity index (χ1n) is 10.7. The number of para-hydroxylation sites is 1. The second kappa shape index (κ2) is 8.77. The predicted octanol–water partition coefficient (Wildman–Crippen LogP) is 3.69. The maximum absolute atomic E-state index is 6.66. The minimum absolute atomic E-state index is 0.160. The molecule has 4 heterocycles. The van der Waals surface area contributed by atoms with Crippen LogP contribution in [0.25, 0.3) is 0 Å². The summed E-state index contributed by atoms with van der Waals surface area (Å²) in [6.45, 7) is 3.80. The zero-order chi connectivity index (χ0) is 22.1. The van der Waals surface area contributed by atoms with E-state index in [0.717, 1.165) is 54.8 Å². The Hall–Kier alpha value is -2.55. The number of nitrogens with zero attached hydrogens (tertiary/aromatic N) is 5. The van der Waals surface area contributed by atoms with Crippen LogP contribution in [0.3, 0.4) is 0 Å². The highest BCUT2D eigenvalue weighted by Gasteiger charge is 2.46. The van der Waals surface area contributed by atoms with Crippen molar-refractivity contribution in [1.82, 2.24) is 15.0 Å². The monoisotopic (exact) mass is 467 g/mol. The van der Waals surface area contributed by atoms with E-state index in [1.807, 2.05) is 12.3 Å². The third-order valence-corrected chi connectivity index (χ3v) is 8.11. The molecule has 166 valence electrons. The summed E-state index contributed by atoms with van der Waals surface area (Å²) in [5, 5.41) is 1.22. The van der Waals surface area contributed by atoms with E-state index in [1.54, 1.807) is 12.4 Å². The lowest BCUT2D eigenvalue weighted by atomic mass is 9.75. The summed E-state index contributed by atoms with van der Waals surface area (Å²) < 4.78 is 0. The number of halogens is 1. The average Bonchev–Trinajstić information content (AvgIpc) is 3.14. The molecule has 0 amide bonds. The number of nitrogen functional groups attached to an aromatic ring is 1. The van der Waals surface area contributed by atoms with E-state index in [9.17, 15) is 0 Å². The second-order valence-corrected chi connectivity index (χ2v) is 9.94. The lowest BCUT2D eigenvalue weighted by Crippen LogP contribution is -2.49. The Morgan fingerprint density at radius 3 is 2.50 bits per heavy atom. The Labute approximate surface area is 197 Å². The molecule has 2 fully saturated rings. The van der Waals surface area contributed by atoms with Gasteiger partial charge in [-0.3, -0.25) is 0 Å². The van der Waals surface area contributed by atoms with E-state index < -0.39 is 0 Å². The van der Waals surface area contributed by atoms with Crippen LogP contribution in [0.5, 0.6) is 0 Å². The predicted molar refractivity (Wildman–Crippen MR) is 130 cm³/mol. The van der Waals surface area contributed by atoms with Crippen molar-refractivity contribution in [3.8, 4) is 0 Å². The van der Waals surface area contributed by atoms with Gasteiger partial charge in [-0.25, -0.2) is 15.0 Å². The van der Waals surface area contributed by atoms with Crippen LogP contribution in [-0.4, -0.2) is 47.2 Å². The standard InChI is InChI=1S/C23H26ClN7S/c24-21-17(6-9-27-22(21)26)32-20-13-28-19(12-29-20)30-10-7-23(8-11-30)15-31(14-18(23)25)16-4-2-1-3-5-16/h1-6,9,12-13,18H,7-8,10-11,14-15,25H2,(H2,26,27)/t18-/m1/s1. The van der Waals surface area contributed by atoms with Gasteiger partial charge in [-0.05, 0) is 31.0 Å². The summed E-state index contributed by atoms with van der Waals surface area (Å²) in [6.07, 6.45) is 7.38. The summed E-state index contributed by atoms with van der Waals surface area (Å²) >= 11 is 7.67. The summed E-state index contributed by atoms with van der Waals surface area (Å²) in [6, 6.07) is 12.6. The molecule has 0 bridgehead atoms. The molecular weight excluding hydrogens is 442 g/mol. The van der Waals surface area contributed by atoms with Crippen molar-refractivity contribution in [1.29, 1.82) is 0 Å². The molecule has 1 aromatic carbocycles. The van der Waals surface area contributed by atoms with E-state index in [1.165, 1.54) is 17.4 Å². The summed E-state index contributed by atoms with van der Waals surface area (Å²) in [5.74, 6) is 1.22. The van der Waals surface area contributed by atoms with Gasteiger partial charge < -0.3 is 21.3 Å². The van der Waals surface area contributed by atoms with E-state index >= 15 is 0 Å². The zero-order valence-electron chi connectivity index (χ0n) is 17.7. The van der Waals surface area contributed by atoms with E-state index in [-0.39, 0.29) is 11.5 Å². The third kappa shape index (κ3) is 4.10. The smallest absolute Gasteiger partial charge is 0.147 e. The van der Waals surface area contributed by atoms with Crippen molar-refractivity contribution in [2.45, 2.75) is 28.8 Å². The number of pyridine rings is 1. The van der Waals surface area contributed by atoms with Gasteiger partial charge in [0.15, 0.2) is 0 Å². The molecule has 2 aliphatic rings. The Balaban J connectivity index is 1.22. The van der Waals surface area contributed by atoms with Gasteiger partial charge in [0, 0.05) is 54.4 Å². The first-order chi connectivity index (χ1) is 15.5. The number of nitrogens with two attached hydrogens (primary N) is 2. The minimum atomic E-state index is 0.160. The van der Waals surface area contributed by atoms with Crippen molar-refractivity contribution in [2.75, 3.05) is 41.7 Å². The molecule has 0 unspecified atom stereocenters. The highest BCUT2D eigenvalue weighted by atomic mass is 35.5. The van der Waals surface area contributed by atoms with Crippen LogP contribution >= 0.6 is 23.4 Å². The van der Waals surface area contributed by atoms with Crippen molar-refractivity contribution in [3.05, 3.63) is 60.0 Å². The summed E-state index contributed by atoms with van der Waals surface area (Å²) in [4.78, 5) is 18.8. The molecule has 5 rings (SSSR count). The van der Waals surface area contributed by atoms with E-state index in [2.05, 4.69) is 55.1 Å². The van der Waals surface area contributed by atoms with Gasteiger partial charge in [-0.2, -0.15) is 0 Å². The third-order valence-electron chi connectivity index (χ3n) is 6.62. The van der Waals surface area contributed by atoms with E-state index in [4.69, 9.17) is 23.1 Å². The van der Waals surface area contributed by atoms with E-state index in [0.29, 0.717) is 10.8 Å². The molecule has 1 spiro atoms. The first-order valence-corrected chi connectivity index (χ1v) is 11.9. The minimum Gasteiger partial charge on any atom is -0.382 e. The number of benzene rings is 1. The fourth-order valence-electron chi connectivity index (χ4n) is 4.70. The Kier molecular flexibility index (Phi) is 5.84. The number of anilines is 3. The molecule has 0 saturated carbocycles. The highest BCUT2D eigenvalue weighted by Crippen LogP contribution is 2.42. The van der Waals surface area contributed by atoms with Crippen LogP contribution in [-0.2, 0) is 0 Å². The second-order valence-electron chi connectivity index (χ2n) is 8.50. The van der Waals surface area contributed by atoms with Gasteiger partial charge in [0.05, 0.1) is 17.4 Å². The number of rotatable bonds is 4. The molecule has 9 heteroatoms. The molecule has 3 aromatic rings. The average molecular weight is 468 g/mol. The van der Waals surface area contributed by atoms with Crippen LogP contribution in [0.4, 0.5) is 17.3 Å². The fourth-order valence-corrected chi connectivity index (χ4v) is 5.68. The maximum Gasteiger partial charge on any atom is 0.147 e. The Morgan fingerprint density at radius 2 is 1.78 bits per heavy atom. The molecule has 0 radical (unpaired) electrons. The van der Waals surface area contributed by atoms with Crippen molar-refractivity contribution in [2.24, 2.45) is 11.1 Å². The van der Waals surface area contributed by atoms with Gasteiger partial charge in [-0.1, -0.05) is 41.6 Å². The number of hydrogen-bond acceptors (Lipinski definition) is 8. The van der Waals surface area contributed by atoms with Crippen LogP contribution in [0.1, 0.15) is 12.8 Å². The SMILES string of the molecule is Nc1nccc(Sc2cnc(N3CCC4(CC3)CN(c3ccccc3)C[C@H]4N)cn2)c1Cl. The first kappa shape index (κ1) is 21.3. The number of aromatic nitrogens is 3. The van der Waals surface area contributed by atoms with Crippen molar-refractivity contribution < 1.29 is 0 Å². The van der Waals surface area contributed by atoms with Crippen LogP contribution in [0, 0.1) is 5.41 Å². The molecule has 1 atom stereocenters. The molecule has 32 heavy (non-hydrogen) atoms. The molecule has 2 saturated heterocycles. The molecule has 4 N–H and O–H groups in total. The quantitative estimate of drug-likeness (QED) is 0.599. The molecule has 2 aliphatic heterocycles. The van der Waals surface area contributed by atoms with Crippen molar-refractivity contribution in [3.63, 3.8) is 0 Å². The Bertz CT molecular complexity index is 1070. The lowest BCUT2D eigenvalue weighted by molar-refractivity contribution is 0.220. The van der Waals surface area contributed by atoms with Crippen LogP contribution in [0.2, 0.25) is 5.02 Å². The van der Waals surface area contributed by atoms with Gasteiger partial charge in [-0.15, -0.1) is 0 Å². The maximum atomic E-state index is 6.66. The largest absolute Gasteiger partial charge is 0.382 e. The van der Waals surface area contributed by atoms with Gasteiger partial charge >= 0.3 is 0 Å². The molecule has 0 aliphatic carbocycles. The van der Waals surface area contributed by atoms with Crippen LogP contribution in [0.15, 0.2) is 64.9 Å². The van der Waals surface area contributed by atoms with Crippen molar-refractivity contribution >= 4 is 40.7 Å². The number of hydrogen-bond donors (Lipinski definition) is 2. The fraction of sp³-hybridized carbons (Fsp3) is 0.348. The summed E-state index contributed by atoms with van der Waals surface area (Å²) in [7, 11) is 0. The van der Waals surface area contributed by atoms with Gasteiger partial charge in [0.2, 0.25) is 0 Å². The molecular formula is C23H26ClN7S. The topological polar surface area (TPSA) is 97.2 Å². The lowest BCUT2D eigenvalue weighted by Gasteiger charge is -2.41. The molecule has 2 aromatic heterocycles. The zero-order valence-corrected chi connectivity index (χ0v) is 19.3. The van der Waals surface area contributed by atoms with Gasteiger partial charge in [0.25, 0.3) is 0 Å².